The van der Waals surface area contributed by atoms with Crippen LogP contribution >= 0.6 is 0 Å². The molecule has 0 saturated carbocycles. The number of rotatable bonds is 5. The second kappa shape index (κ2) is 8.64. The van der Waals surface area contributed by atoms with Crippen molar-refractivity contribution < 1.29 is 14.5 Å². The summed E-state index contributed by atoms with van der Waals surface area (Å²) in [6.07, 6.45) is 2.21. The highest BCUT2D eigenvalue weighted by molar-refractivity contribution is 5.67. The van der Waals surface area contributed by atoms with E-state index in [2.05, 4.69) is 15.3 Å². The van der Waals surface area contributed by atoms with Crippen LogP contribution < -0.4 is 5.32 Å². The minimum absolute atomic E-state index is 0.0267. The molecule has 28 heavy (non-hydrogen) atoms. The van der Waals surface area contributed by atoms with Crippen LogP contribution in [0.1, 0.15) is 25.5 Å². The third-order valence-electron chi connectivity index (χ3n) is 4.68. The van der Waals surface area contributed by atoms with Crippen LogP contribution in [0, 0.1) is 10.1 Å². The summed E-state index contributed by atoms with van der Waals surface area (Å²) in [4.78, 5) is 33.0. The Morgan fingerprint density at radius 2 is 2.11 bits per heavy atom. The largest absolute Gasteiger partial charge is 0.453 e. The topological polar surface area (TPSA) is 110 Å². The van der Waals surface area contributed by atoms with Crippen LogP contribution in [0.15, 0.2) is 30.3 Å². The normalized spacial score (nSPS) is 16.5. The molecule has 1 amide bonds. The predicted molar refractivity (Wildman–Crippen MR) is 104 cm³/mol. The molecule has 1 saturated heterocycles. The van der Waals surface area contributed by atoms with E-state index in [0.717, 1.165) is 25.0 Å². The van der Waals surface area contributed by atoms with Crippen molar-refractivity contribution in [3.8, 4) is 11.4 Å². The molecule has 1 aliphatic heterocycles. The molecule has 148 valence electrons. The maximum atomic E-state index is 11.8. The van der Waals surface area contributed by atoms with Gasteiger partial charge in [0.05, 0.1) is 12.0 Å². The molecule has 1 N–H and O–H groups in total. The molecule has 0 radical (unpaired) electrons. The average Bonchev–Trinajstić information content (AvgIpc) is 2.73. The molecule has 1 fully saturated rings. The number of carbonyl (C=O) groups is 1. The van der Waals surface area contributed by atoms with Crippen LogP contribution in [0.4, 0.5) is 16.3 Å². The van der Waals surface area contributed by atoms with Gasteiger partial charge in [0.2, 0.25) is 0 Å². The zero-order valence-corrected chi connectivity index (χ0v) is 15.9. The lowest BCUT2D eigenvalue weighted by molar-refractivity contribution is -0.384. The molecular formula is C19H23N5O4. The molecule has 1 aliphatic rings. The highest BCUT2D eigenvalue weighted by atomic mass is 16.6. The van der Waals surface area contributed by atoms with Crippen molar-refractivity contribution in [2.24, 2.45) is 0 Å². The molecule has 1 aromatic carbocycles. The van der Waals surface area contributed by atoms with Gasteiger partial charge in [-0.2, -0.15) is 0 Å². The number of piperidine rings is 1. The van der Waals surface area contributed by atoms with E-state index in [1.165, 1.54) is 19.2 Å². The third kappa shape index (κ3) is 4.54. The average molecular weight is 385 g/mol. The second-order valence-electron chi connectivity index (χ2n) is 6.63. The van der Waals surface area contributed by atoms with Gasteiger partial charge in [0.25, 0.3) is 5.69 Å². The maximum Gasteiger partial charge on any atom is 0.409 e. The Hall–Kier alpha value is -3.23. The maximum absolute atomic E-state index is 11.8. The molecule has 0 aliphatic carbocycles. The first-order valence-electron chi connectivity index (χ1n) is 9.22. The lowest BCUT2D eigenvalue weighted by atomic mass is 10.1. The minimum Gasteiger partial charge on any atom is -0.453 e. The Morgan fingerprint density at radius 1 is 1.36 bits per heavy atom. The van der Waals surface area contributed by atoms with E-state index in [1.54, 1.807) is 17.0 Å². The summed E-state index contributed by atoms with van der Waals surface area (Å²) in [6.45, 7) is 3.24. The summed E-state index contributed by atoms with van der Waals surface area (Å²) in [5.41, 5.74) is 1.61. The van der Waals surface area contributed by atoms with Crippen molar-refractivity contribution in [2.75, 3.05) is 25.5 Å². The molecule has 1 aromatic heterocycles. The Kier molecular flexibility index (Phi) is 6.03. The number of benzene rings is 1. The lowest BCUT2D eigenvalue weighted by Gasteiger charge is -2.32. The van der Waals surface area contributed by atoms with E-state index in [0.29, 0.717) is 30.3 Å². The fourth-order valence-electron chi connectivity index (χ4n) is 3.21. The van der Waals surface area contributed by atoms with Crippen LogP contribution in [-0.4, -0.2) is 52.1 Å². The number of likely N-dealkylation sites (tertiary alicyclic amines) is 1. The number of anilines is 1. The number of hydrogen-bond acceptors (Lipinski definition) is 7. The van der Waals surface area contributed by atoms with Crippen molar-refractivity contribution in [3.05, 3.63) is 46.1 Å². The smallest absolute Gasteiger partial charge is 0.409 e. The van der Waals surface area contributed by atoms with E-state index in [1.807, 2.05) is 13.0 Å². The molecule has 9 heteroatoms. The highest BCUT2D eigenvalue weighted by Crippen LogP contribution is 2.23. The van der Waals surface area contributed by atoms with Gasteiger partial charge in [-0.05, 0) is 31.4 Å². The van der Waals surface area contributed by atoms with E-state index in [9.17, 15) is 14.9 Å². The van der Waals surface area contributed by atoms with E-state index in [-0.39, 0.29) is 17.8 Å². The zero-order valence-electron chi connectivity index (χ0n) is 15.9. The quantitative estimate of drug-likeness (QED) is 0.621. The summed E-state index contributed by atoms with van der Waals surface area (Å²) < 4.78 is 4.81. The van der Waals surface area contributed by atoms with Gasteiger partial charge in [-0.3, -0.25) is 10.1 Å². The molecule has 0 bridgehead atoms. The first kappa shape index (κ1) is 19.5. The van der Waals surface area contributed by atoms with Crippen LogP contribution in [0.25, 0.3) is 11.4 Å². The summed E-state index contributed by atoms with van der Waals surface area (Å²) >= 11 is 0. The first-order valence-corrected chi connectivity index (χ1v) is 9.22. The Bertz CT molecular complexity index is 856. The third-order valence-corrected chi connectivity index (χ3v) is 4.68. The van der Waals surface area contributed by atoms with E-state index in [4.69, 9.17) is 4.74 Å². The predicted octanol–water partition coefficient (Wildman–Crippen LogP) is 3.26. The van der Waals surface area contributed by atoms with E-state index >= 15 is 0 Å². The summed E-state index contributed by atoms with van der Waals surface area (Å²) in [5.74, 6) is 1.19. The van der Waals surface area contributed by atoms with Crippen molar-refractivity contribution in [2.45, 2.75) is 32.2 Å². The number of hydrogen-bond donors (Lipinski definition) is 1. The number of ether oxygens (including phenoxy) is 1. The number of nitro groups is 1. The highest BCUT2D eigenvalue weighted by Gasteiger charge is 2.24. The SMILES string of the molecule is CCc1cc(NC2CCCN(C(=O)OC)C2)nc(-c2ccc([N+](=O)[O-])cc2)n1. The first-order chi connectivity index (χ1) is 13.5. The Morgan fingerprint density at radius 3 is 2.75 bits per heavy atom. The van der Waals surface area contributed by atoms with Crippen molar-refractivity contribution in [1.29, 1.82) is 0 Å². The second-order valence-corrected chi connectivity index (χ2v) is 6.63. The molecular weight excluding hydrogens is 362 g/mol. The van der Waals surface area contributed by atoms with Crippen molar-refractivity contribution in [1.82, 2.24) is 14.9 Å². The summed E-state index contributed by atoms with van der Waals surface area (Å²) in [6, 6.07) is 8.15. The van der Waals surface area contributed by atoms with Crippen LogP contribution in [0.5, 0.6) is 0 Å². The van der Waals surface area contributed by atoms with Crippen LogP contribution in [0.3, 0.4) is 0 Å². The number of aromatic nitrogens is 2. The van der Waals surface area contributed by atoms with Gasteiger partial charge in [-0.25, -0.2) is 14.8 Å². The Labute approximate surface area is 162 Å². The van der Waals surface area contributed by atoms with Crippen molar-refractivity contribution in [3.63, 3.8) is 0 Å². The van der Waals surface area contributed by atoms with Gasteiger partial charge in [0.1, 0.15) is 5.82 Å². The number of amides is 1. The van der Waals surface area contributed by atoms with Gasteiger partial charge in [-0.1, -0.05) is 6.92 Å². The molecule has 1 unspecified atom stereocenters. The molecule has 2 heterocycles. The number of nitro benzene ring substituents is 1. The molecule has 9 nitrogen and oxygen atoms in total. The number of non-ortho nitro benzene ring substituents is 1. The molecule has 2 aromatic rings. The number of methoxy groups -OCH3 is 1. The number of carbonyl (C=O) groups excluding carboxylic acids is 1. The van der Waals surface area contributed by atoms with Gasteiger partial charge in [0, 0.05) is 48.6 Å². The van der Waals surface area contributed by atoms with Crippen molar-refractivity contribution >= 4 is 17.6 Å². The van der Waals surface area contributed by atoms with Gasteiger partial charge < -0.3 is 15.0 Å². The van der Waals surface area contributed by atoms with Crippen LogP contribution in [0.2, 0.25) is 0 Å². The van der Waals surface area contributed by atoms with E-state index < -0.39 is 4.92 Å². The Balaban J connectivity index is 1.81. The van der Waals surface area contributed by atoms with Crippen LogP contribution in [-0.2, 0) is 11.2 Å². The zero-order chi connectivity index (χ0) is 20.1. The standard InChI is InChI=1S/C19H23N5O4/c1-3-14-11-17(20-15-5-4-10-23(12-15)19(25)28-2)22-18(21-14)13-6-8-16(9-7-13)24(26)27/h6-9,11,15H,3-5,10,12H2,1-2H3,(H,20,21,22). The molecule has 1 atom stereocenters. The monoisotopic (exact) mass is 385 g/mol. The number of aryl methyl sites for hydroxylation is 1. The molecule has 0 spiro atoms. The minimum atomic E-state index is -0.434. The van der Waals surface area contributed by atoms with Gasteiger partial charge >= 0.3 is 6.09 Å². The number of nitrogens with zero attached hydrogens (tertiary/aromatic N) is 4. The van der Waals surface area contributed by atoms with Gasteiger partial charge in [-0.15, -0.1) is 0 Å². The fourth-order valence-corrected chi connectivity index (χ4v) is 3.21. The number of nitrogens with one attached hydrogen (secondary N) is 1. The summed E-state index contributed by atoms with van der Waals surface area (Å²) in [5, 5.41) is 14.2. The summed E-state index contributed by atoms with van der Waals surface area (Å²) in [7, 11) is 1.38. The lowest BCUT2D eigenvalue weighted by Crippen LogP contribution is -2.45. The van der Waals surface area contributed by atoms with Gasteiger partial charge in [0.15, 0.2) is 5.82 Å². The molecule has 3 rings (SSSR count). The fraction of sp³-hybridized carbons (Fsp3) is 0.421.